The van der Waals surface area contributed by atoms with Crippen molar-refractivity contribution in [3.63, 3.8) is 0 Å². The van der Waals surface area contributed by atoms with Gasteiger partial charge in [0.15, 0.2) is 0 Å². The van der Waals surface area contributed by atoms with Crippen molar-refractivity contribution in [2.24, 2.45) is 0 Å². The zero-order chi connectivity index (χ0) is 11.5. The summed E-state index contributed by atoms with van der Waals surface area (Å²) in [5, 5.41) is 10.7. The summed E-state index contributed by atoms with van der Waals surface area (Å²) in [4.78, 5) is 2.00. The molecule has 1 aromatic rings. The van der Waals surface area contributed by atoms with Crippen LogP contribution < -0.4 is 0 Å². The Hall–Kier alpha value is -0.860. The van der Waals surface area contributed by atoms with E-state index in [0.717, 1.165) is 5.56 Å². The Kier molecular flexibility index (Phi) is 3.89. The third-order valence-corrected chi connectivity index (χ3v) is 3.09. The molecule has 0 saturated carbocycles. The fraction of sp³-hybridized carbons (Fsp3) is 0.538. The van der Waals surface area contributed by atoms with Crippen LogP contribution in [0, 0.1) is 0 Å². The van der Waals surface area contributed by atoms with Crippen LogP contribution in [0.2, 0.25) is 0 Å². The van der Waals surface area contributed by atoms with Gasteiger partial charge in [-0.15, -0.1) is 0 Å². The minimum absolute atomic E-state index is 0.315. The summed E-state index contributed by atoms with van der Waals surface area (Å²) in [6, 6.07) is 10.2. The van der Waals surface area contributed by atoms with E-state index in [-0.39, 0.29) is 0 Å². The molecule has 0 aromatic heterocycles. The van der Waals surface area contributed by atoms with Crippen LogP contribution in [0.5, 0.6) is 0 Å². The molecule has 0 spiro atoms. The predicted octanol–water partition coefficient (Wildman–Crippen LogP) is 2.58. The van der Waals surface area contributed by atoms with Crippen molar-refractivity contribution in [1.82, 2.24) is 4.90 Å². The third kappa shape index (κ3) is 2.39. The van der Waals surface area contributed by atoms with Gasteiger partial charge in [0, 0.05) is 6.04 Å². The van der Waals surface area contributed by atoms with Crippen LogP contribution in [0.25, 0.3) is 0 Å². The zero-order valence-corrected chi connectivity index (χ0v) is 10.1. The van der Waals surface area contributed by atoms with Crippen molar-refractivity contribution < 1.29 is 5.11 Å². The molecule has 84 valence electrons. The summed E-state index contributed by atoms with van der Waals surface area (Å²) < 4.78 is 0. The standard InChI is InChI=1S/C13H21NO/c1-5-13(15,14(4)11(2)3)12-9-7-6-8-10-12/h6-11,15H,5H2,1-4H3. The Balaban J connectivity index is 3.05. The highest BCUT2D eigenvalue weighted by Gasteiger charge is 2.33. The van der Waals surface area contributed by atoms with Gasteiger partial charge in [0.25, 0.3) is 0 Å². The summed E-state index contributed by atoms with van der Waals surface area (Å²) in [5.74, 6) is 0. The van der Waals surface area contributed by atoms with Crippen LogP contribution in [0.15, 0.2) is 30.3 Å². The molecular weight excluding hydrogens is 186 g/mol. The number of hydrogen-bond donors (Lipinski definition) is 1. The molecule has 0 aliphatic heterocycles. The first-order chi connectivity index (χ1) is 7.02. The molecule has 1 rings (SSSR count). The Labute approximate surface area is 92.5 Å². The second kappa shape index (κ2) is 4.77. The average Bonchev–Trinajstić information content (AvgIpc) is 2.28. The number of rotatable bonds is 4. The molecule has 1 atom stereocenters. The van der Waals surface area contributed by atoms with Gasteiger partial charge in [-0.25, -0.2) is 0 Å². The zero-order valence-electron chi connectivity index (χ0n) is 10.1. The van der Waals surface area contributed by atoms with Crippen molar-refractivity contribution in [3.05, 3.63) is 35.9 Å². The second-order valence-corrected chi connectivity index (χ2v) is 4.24. The molecule has 1 unspecified atom stereocenters. The highest BCUT2D eigenvalue weighted by atomic mass is 16.3. The number of nitrogens with zero attached hydrogens (tertiary/aromatic N) is 1. The molecule has 0 aliphatic rings. The second-order valence-electron chi connectivity index (χ2n) is 4.24. The maximum Gasteiger partial charge on any atom is 0.144 e. The van der Waals surface area contributed by atoms with Gasteiger partial charge in [-0.05, 0) is 32.9 Å². The van der Waals surface area contributed by atoms with Gasteiger partial charge >= 0.3 is 0 Å². The van der Waals surface area contributed by atoms with E-state index in [9.17, 15) is 5.11 Å². The van der Waals surface area contributed by atoms with Gasteiger partial charge in [0.05, 0.1) is 0 Å². The molecule has 15 heavy (non-hydrogen) atoms. The van der Waals surface area contributed by atoms with Crippen LogP contribution in [-0.4, -0.2) is 23.1 Å². The topological polar surface area (TPSA) is 23.5 Å². The quantitative estimate of drug-likeness (QED) is 0.767. The Morgan fingerprint density at radius 1 is 1.27 bits per heavy atom. The predicted molar refractivity (Wildman–Crippen MR) is 63.5 cm³/mol. The Morgan fingerprint density at radius 3 is 2.20 bits per heavy atom. The molecule has 1 N–H and O–H groups in total. The molecular formula is C13H21NO. The van der Waals surface area contributed by atoms with Crippen molar-refractivity contribution in [2.45, 2.75) is 39.0 Å². The molecule has 0 amide bonds. The largest absolute Gasteiger partial charge is 0.371 e. The fourth-order valence-corrected chi connectivity index (χ4v) is 1.79. The van der Waals surface area contributed by atoms with E-state index in [0.29, 0.717) is 12.5 Å². The molecule has 0 saturated heterocycles. The lowest BCUT2D eigenvalue weighted by molar-refractivity contribution is -0.120. The summed E-state index contributed by atoms with van der Waals surface area (Å²) in [5.41, 5.74) is 0.110. The molecule has 2 heteroatoms. The van der Waals surface area contributed by atoms with Crippen molar-refractivity contribution in [3.8, 4) is 0 Å². The molecule has 2 nitrogen and oxygen atoms in total. The maximum absolute atomic E-state index is 10.7. The first-order valence-corrected chi connectivity index (χ1v) is 5.53. The third-order valence-electron chi connectivity index (χ3n) is 3.09. The van der Waals surface area contributed by atoms with Gasteiger partial charge in [0.2, 0.25) is 0 Å². The monoisotopic (exact) mass is 207 g/mol. The smallest absolute Gasteiger partial charge is 0.144 e. The lowest BCUT2D eigenvalue weighted by Crippen LogP contribution is -2.46. The lowest BCUT2D eigenvalue weighted by atomic mass is 9.97. The van der Waals surface area contributed by atoms with E-state index >= 15 is 0 Å². The van der Waals surface area contributed by atoms with E-state index < -0.39 is 5.72 Å². The van der Waals surface area contributed by atoms with Gasteiger partial charge in [-0.2, -0.15) is 0 Å². The summed E-state index contributed by atoms with van der Waals surface area (Å²) in [6.45, 7) is 6.18. The first-order valence-electron chi connectivity index (χ1n) is 5.53. The average molecular weight is 207 g/mol. The highest BCUT2D eigenvalue weighted by Crippen LogP contribution is 2.29. The van der Waals surface area contributed by atoms with E-state index in [4.69, 9.17) is 0 Å². The summed E-state index contributed by atoms with van der Waals surface area (Å²) >= 11 is 0. The Morgan fingerprint density at radius 2 is 1.80 bits per heavy atom. The van der Waals surface area contributed by atoms with E-state index in [1.807, 2.05) is 49.2 Å². The normalized spacial score (nSPS) is 15.7. The van der Waals surface area contributed by atoms with Crippen LogP contribution >= 0.6 is 0 Å². The number of hydrogen-bond acceptors (Lipinski definition) is 2. The molecule has 0 heterocycles. The summed E-state index contributed by atoms with van der Waals surface area (Å²) in [7, 11) is 1.96. The minimum Gasteiger partial charge on any atom is -0.371 e. The van der Waals surface area contributed by atoms with E-state index in [1.165, 1.54) is 0 Å². The van der Waals surface area contributed by atoms with Gasteiger partial charge in [0.1, 0.15) is 5.72 Å². The minimum atomic E-state index is -0.852. The van der Waals surface area contributed by atoms with Gasteiger partial charge in [-0.3, -0.25) is 4.90 Å². The highest BCUT2D eigenvalue weighted by molar-refractivity contribution is 5.21. The van der Waals surface area contributed by atoms with Gasteiger partial charge in [-0.1, -0.05) is 37.3 Å². The van der Waals surface area contributed by atoms with Crippen molar-refractivity contribution in [1.29, 1.82) is 0 Å². The van der Waals surface area contributed by atoms with Crippen LogP contribution in [0.4, 0.5) is 0 Å². The fourth-order valence-electron chi connectivity index (χ4n) is 1.79. The molecule has 0 fully saturated rings. The van der Waals surface area contributed by atoms with Crippen LogP contribution in [0.1, 0.15) is 32.8 Å². The lowest BCUT2D eigenvalue weighted by Gasteiger charge is -2.39. The molecule has 0 bridgehead atoms. The number of aliphatic hydroxyl groups is 1. The van der Waals surface area contributed by atoms with Crippen molar-refractivity contribution in [2.75, 3.05) is 7.05 Å². The molecule has 1 aromatic carbocycles. The van der Waals surface area contributed by atoms with Crippen LogP contribution in [-0.2, 0) is 5.72 Å². The molecule has 0 radical (unpaired) electrons. The van der Waals surface area contributed by atoms with E-state index in [1.54, 1.807) is 0 Å². The van der Waals surface area contributed by atoms with E-state index in [2.05, 4.69) is 13.8 Å². The summed E-state index contributed by atoms with van der Waals surface area (Å²) in [6.07, 6.45) is 0.686. The maximum atomic E-state index is 10.7. The SMILES string of the molecule is CCC(O)(c1ccccc1)N(C)C(C)C. The van der Waals surface area contributed by atoms with Gasteiger partial charge < -0.3 is 5.11 Å². The Bertz CT molecular complexity index is 297. The first kappa shape index (κ1) is 12.2. The molecule has 0 aliphatic carbocycles. The van der Waals surface area contributed by atoms with Crippen molar-refractivity contribution >= 4 is 0 Å². The number of benzene rings is 1. The van der Waals surface area contributed by atoms with Crippen LogP contribution in [0.3, 0.4) is 0 Å².